The Morgan fingerprint density at radius 2 is 1.82 bits per heavy atom. The van der Waals surface area contributed by atoms with Crippen LogP contribution in [0.3, 0.4) is 0 Å². The van der Waals surface area contributed by atoms with Crippen molar-refractivity contribution in [2.24, 2.45) is 0 Å². The first-order chi connectivity index (χ1) is 15.9. The van der Waals surface area contributed by atoms with Crippen LogP contribution in [-0.4, -0.2) is 21.7 Å². The van der Waals surface area contributed by atoms with E-state index in [1.807, 2.05) is 42.5 Å². The summed E-state index contributed by atoms with van der Waals surface area (Å²) in [5, 5.41) is 14.8. The normalized spacial score (nSPS) is 12.2. The van der Waals surface area contributed by atoms with Crippen LogP contribution < -0.4 is 5.32 Å². The molecule has 3 aromatic carbocycles. The molecule has 4 nitrogen and oxygen atoms in total. The molecule has 1 atom stereocenters. The number of carbonyl (C=O) groups is 1. The summed E-state index contributed by atoms with van der Waals surface area (Å²) < 4.78 is 15.3. The Labute approximate surface area is 197 Å². The van der Waals surface area contributed by atoms with Gasteiger partial charge in [0.25, 0.3) is 0 Å². The molecule has 0 spiro atoms. The fourth-order valence-electron chi connectivity index (χ4n) is 4.19. The number of aryl methyl sites for hydroxylation is 1. The van der Waals surface area contributed by atoms with Crippen LogP contribution in [0.2, 0.25) is 5.02 Å². The molecule has 0 aliphatic carbocycles. The monoisotopic (exact) mass is 464 g/mol. The van der Waals surface area contributed by atoms with Gasteiger partial charge in [0.2, 0.25) is 0 Å². The lowest BCUT2D eigenvalue weighted by Gasteiger charge is -2.15. The molecular weight excluding hydrogens is 439 g/mol. The van der Waals surface area contributed by atoms with E-state index in [4.69, 9.17) is 11.6 Å². The zero-order valence-corrected chi connectivity index (χ0v) is 19.1. The topological polar surface area (TPSA) is 54.3 Å². The number of nitrogens with zero attached hydrogens (tertiary/aromatic N) is 1. The Bertz CT molecular complexity index is 1270. The first kappa shape index (κ1) is 23.0. The zero-order chi connectivity index (χ0) is 23.4. The van der Waals surface area contributed by atoms with Gasteiger partial charge in [0.1, 0.15) is 11.5 Å². The zero-order valence-electron chi connectivity index (χ0n) is 18.4. The number of benzene rings is 3. The van der Waals surface area contributed by atoms with Gasteiger partial charge in [-0.05, 0) is 49.1 Å². The number of rotatable bonds is 9. The Morgan fingerprint density at radius 3 is 2.55 bits per heavy atom. The van der Waals surface area contributed by atoms with Crippen LogP contribution in [0.4, 0.5) is 4.39 Å². The number of hydrogen-bond acceptors (Lipinski definition) is 2. The number of halogens is 2. The van der Waals surface area contributed by atoms with Gasteiger partial charge in [-0.15, -0.1) is 0 Å². The van der Waals surface area contributed by atoms with E-state index >= 15 is 0 Å². The van der Waals surface area contributed by atoms with E-state index in [9.17, 15) is 14.3 Å². The van der Waals surface area contributed by atoms with Crippen molar-refractivity contribution in [3.8, 4) is 0 Å². The highest BCUT2D eigenvalue weighted by atomic mass is 35.5. The third-order valence-electron chi connectivity index (χ3n) is 5.96. The number of nitrogens with one attached hydrogen (secondary N) is 1. The second kappa shape index (κ2) is 10.2. The Hall–Kier alpha value is -3.15. The number of aromatic carboxylic acids is 1. The molecule has 33 heavy (non-hydrogen) atoms. The third kappa shape index (κ3) is 5.27. The smallest absolute Gasteiger partial charge is 0.352 e. The van der Waals surface area contributed by atoms with Gasteiger partial charge in [0.05, 0.1) is 0 Å². The number of carboxylic acids is 1. The van der Waals surface area contributed by atoms with Crippen LogP contribution >= 0.6 is 11.6 Å². The second-order valence-corrected chi connectivity index (χ2v) is 8.68. The van der Waals surface area contributed by atoms with Crippen molar-refractivity contribution in [2.75, 3.05) is 0 Å². The molecule has 0 saturated heterocycles. The summed E-state index contributed by atoms with van der Waals surface area (Å²) in [6.07, 6.45) is 1.89. The van der Waals surface area contributed by atoms with Crippen molar-refractivity contribution >= 4 is 28.5 Å². The van der Waals surface area contributed by atoms with E-state index < -0.39 is 11.8 Å². The first-order valence-corrected chi connectivity index (χ1v) is 11.4. The fourth-order valence-corrected chi connectivity index (χ4v) is 4.42. The Kier molecular flexibility index (Phi) is 7.11. The van der Waals surface area contributed by atoms with E-state index in [1.54, 1.807) is 10.6 Å². The van der Waals surface area contributed by atoms with Crippen molar-refractivity contribution in [2.45, 2.75) is 38.9 Å². The van der Waals surface area contributed by atoms with Crippen molar-refractivity contribution in [1.29, 1.82) is 0 Å². The molecule has 2 N–H and O–H groups in total. The van der Waals surface area contributed by atoms with Crippen LogP contribution in [0.25, 0.3) is 10.9 Å². The number of fused-ring (bicyclic) bond motifs is 1. The van der Waals surface area contributed by atoms with E-state index in [0.29, 0.717) is 12.1 Å². The number of aromatic nitrogens is 1. The van der Waals surface area contributed by atoms with Gasteiger partial charge in [-0.25, -0.2) is 9.18 Å². The van der Waals surface area contributed by atoms with Crippen molar-refractivity contribution < 1.29 is 14.3 Å². The molecule has 0 aliphatic heterocycles. The maximum atomic E-state index is 13.5. The number of hydrogen-bond donors (Lipinski definition) is 2. The average molecular weight is 465 g/mol. The highest BCUT2D eigenvalue weighted by Gasteiger charge is 2.23. The fraction of sp³-hybridized carbons (Fsp3) is 0.222. The van der Waals surface area contributed by atoms with Gasteiger partial charge >= 0.3 is 5.97 Å². The summed E-state index contributed by atoms with van der Waals surface area (Å²) in [4.78, 5) is 12.4. The molecule has 0 aliphatic rings. The maximum absolute atomic E-state index is 13.5. The van der Waals surface area contributed by atoms with E-state index in [2.05, 4.69) is 24.4 Å². The van der Waals surface area contributed by atoms with E-state index in [1.165, 1.54) is 17.7 Å². The summed E-state index contributed by atoms with van der Waals surface area (Å²) in [6, 6.07) is 22.3. The van der Waals surface area contributed by atoms with Crippen LogP contribution in [0.5, 0.6) is 0 Å². The van der Waals surface area contributed by atoms with Gasteiger partial charge in [0.15, 0.2) is 0 Å². The molecule has 0 fully saturated rings. The van der Waals surface area contributed by atoms with Crippen LogP contribution in [0.15, 0.2) is 72.8 Å². The Morgan fingerprint density at radius 1 is 1.09 bits per heavy atom. The SMILES string of the molecule is CC(CCc1ccccc1)NCc1c(C(=O)O)n(Cc2ccc(F)cc2Cl)c2ccccc12. The second-order valence-electron chi connectivity index (χ2n) is 8.28. The van der Waals surface area contributed by atoms with Crippen molar-refractivity contribution in [3.05, 3.63) is 106 Å². The molecule has 1 aromatic heterocycles. The van der Waals surface area contributed by atoms with Crippen LogP contribution in [0, 0.1) is 5.82 Å². The van der Waals surface area contributed by atoms with E-state index in [0.717, 1.165) is 29.3 Å². The summed E-state index contributed by atoms with van der Waals surface area (Å²) in [5.41, 5.74) is 3.72. The molecule has 0 bridgehead atoms. The van der Waals surface area contributed by atoms with Crippen molar-refractivity contribution in [3.63, 3.8) is 0 Å². The lowest BCUT2D eigenvalue weighted by Crippen LogP contribution is -2.27. The van der Waals surface area contributed by atoms with Gasteiger partial charge in [-0.3, -0.25) is 0 Å². The highest BCUT2D eigenvalue weighted by Crippen LogP contribution is 2.29. The predicted molar refractivity (Wildman–Crippen MR) is 130 cm³/mol. The van der Waals surface area contributed by atoms with Crippen LogP contribution in [-0.2, 0) is 19.5 Å². The first-order valence-electron chi connectivity index (χ1n) is 11.0. The molecule has 1 heterocycles. The van der Waals surface area contributed by atoms with Crippen LogP contribution in [0.1, 0.15) is 40.5 Å². The summed E-state index contributed by atoms with van der Waals surface area (Å²) in [6.45, 7) is 2.79. The van der Waals surface area contributed by atoms with E-state index in [-0.39, 0.29) is 23.3 Å². The van der Waals surface area contributed by atoms with Gasteiger partial charge in [-0.1, -0.05) is 66.2 Å². The van der Waals surface area contributed by atoms with Crippen molar-refractivity contribution in [1.82, 2.24) is 9.88 Å². The van der Waals surface area contributed by atoms with Gasteiger partial charge in [0, 0.05) is 40.6 Å². The highest BCUT2D eigenvalue weighted by molar-refractivity contribution is 6.31. The number of para-hydroxylation sites is 1. The molecule has 4 aromatic rings. The average Bonchev–Trinajstić information content (AvgIpc) is 3.12. The predicted octanol–water partition coefficient (Wildman–Crippen LogP) is 6.29. The summed E-state index contributed by atoms with van der Waals surface area (Å²) >= 11 is 6.24. The molecule has 1 unspecified atom stereocenters. The minimum Gasteiger partial charge on any atom is -0.477 e. The molecule has 6 heteroatoms. The lowest BCUT2D eigenvalue weighted by atomic mass is 10.1. The summed E-state index contributed by atoms with van der Waals surface area (Å²) in [5.74, 6) is -1.42. The molecule has 170 valence electrons. The largest absolute Gasteiger partial charge is 0.477 e. The molecule has 4 rings (SSSR count). The third-order valence-corrected chi connectivity index (χ3v) is 6.31. The lowest BCUT2D eigenvalue weighted by molar-refractivity contribution is 0.0684. The standard InChI is InChI=1S/C27H26ClFN2O2/c1-18(11-12-19-7-3-2-4-8-19)30-16-23-22-9-5-6-10-25(22)31(26(23)27(32)33)17-20-13-14-21(29)15-24(20)28/h2-10,13-15,18,30H,11-12,16-17H2,1H3,(H,32,33). The minimum atomic E-state index is -1.00. The molecule has 0 radical (unpaired) electrons. The molecular formula is C27H26ClFN2O2. The quantitative estimate of drug-likeness (QED) is 0.306. The Balaban J connectivity index is 1.61. The summed E-state index contributed by atoms with van der Waals surface area (Å²) in [7, 11) is 0. The molecule has 0 amide bonds. The number of carboxylic acid groups (broad SMARTS) is 1. The molecule has 0 saturated carbocycles. The van der Waals surface area contributed by atoms with Gasteiger partial charge in [-0.2, -0.15) is 0 Å². The van der Waals surface area contributed by atoms with Gasteiger partial charge < -0.3 is 15.0 Å². The minimum absolute atomic E-state index is 0.209. The maximum Gasteiger partial charge on any atom is 0.352 e.